The van der Waals surface area contributed by atoms with Gasteiger partial charge in [-0.25, -0.2) is 4.68 Å². The molecule has 0 aliphatic rings. The minimum atomic E-state index is -0.335. The summed E-state index contributed by atoms with van der Waals surface area (Å²) in [6.07, 6.45) is 0. The van der Waals surface area contributed by atoms with Gasteiger partial charge in [-0.15, -0.1) is 0 Å². The number of benzene rings is 2. The summed E-state index contributed by atoms with van der Waals surface area (Å²) >= 11 is 1.10. The van der Waals surface area contributed by atoms with Gasteiger partial charge in [-0.1, -0.05) is 59.4 Å². The van der Waals surface area contributed by atoms with Crippen LogP contribution in [0.4, 0.5) is 0 Å². The van der Waals surface area contributed by atoms with Gasteiger partial charge < -0.3 is 0 Å². The molecule has 1 heterocycles. The van der Waals surface area contributed by atoms with Crippen molar-refractivity contribution in [1.29, 1.82) is 0 Å². The predicted molar refractivity (Wildman–Crippen MR) is 92.3 cm³/mol. The van der Waals surface area contributed by atoms with Gasteiger partial charge in [0.1, 0.15) is 0 Å². The number of carbonyl (C=O) groups excluding carboxylic acids is 2. The molecule has 0 fully saturated rings. The van der Waals surface area contributed by atoms with E-state index in [0.717, 1.165) is 22.6 Å². The average Bonchev–Trinajstić information content (AvgIpc) is 2.98. The van der Waals surface area contributed by atoms with E-state index in [1.54, 1.807) is 24.3 Å². The number of carbonyl (C=O) groups is 2. The Bertz CT molecular complexity index is 954. The van der Waals surface area contributed by atoms with Crippen LogP contribution in [0.2, 0.25) is 0 Å². The van der Waals surface area contributed by atoms with Crippen LogP contribution in [0.25, 0.3) is 5.69 Å². The fourth-order valence-electron chi connectivity index (χ4n) is 2.15. The maximum Gasteiger partial charge on any atom is 0.245 e. The van der Waals surface area contributed by atoms with E-state index in [1.807, 2.05) is 37.3 Å². The van der Waals surface area contributed by atoms with Gasteiger partial charge in [-0.3, -0.25) is 9.59 Å². The van der Waals surface area contributed by atoms with E-state index in [2.05, 4.69) is 10.1 Å². The van der Waals surface area contributed by atoms with Gasteiger partial charge in [-0.05, 0) is 19.1 Å². The Morgan fingerprint density at radius 1 is 1.04 bits per heavy atom. The fourth-order valence-corrected chi connectivity index (χ4v) is 3.06. The standard InChI is InChI=1S/C18H15N3O2S/c1-12-8-10-15(11-9-12)21-18(19-13(2)22)24-17(20-21)16(23)14-6-4-3-5-7-14/h3-11H,1-2H3. The Labute approximate surface area is 142 Å². The first kappa shape index (κ1) is 16.0. The number of rotatable bonds is 3. The zero-order valence-electron chi connectivity index (χ0n) is 13.3. The van der Waals surface area contributed by atoms with Gasteiger partial charge in [0.25, 0.3) is 0 Å². The molecule has 3 rings (SSSR count). The Kier molecular flexibility index (Phi) is 4.48. The number of amides is 1. The van der Waals surface area contributed by atoms with Crippen LogP contribution < -0.4 is 4.80 Å². The summed E-state index contributed by atoms with van der Waals surface area (Å²) in [5, 5.41) is 4.67. The molecule has 0 atom stereocenters. The maximum absolute atomic E-state index is 12.6. The van der Waals surface area contributed by atoms with E-state index in [-0.39, 0.29) is 11.7 Å². The summed E-state index contributed by atoms with van der Waals surface area (Å²) in [7, 11) is 0. The molecule has 120 valence electrons. The molecule has 6 heteroatoms. The van der Waals surface area contributed by atoms with E-state index >= 15 is 0 Å². The molecule has 0 bridgehead atoms. The van der Waals surface area contributed by atoms with Crippen molar-refractivity contribution >= 4 is 23.0 Å². The minimum Gasteiger partial charge on any atom is -0.286 e. The zero-order chi connectivity index (χ0) is 17.1. The van der Waals surface area contributed by atoms with Gasteiger partial charge in [0.05, 0.1) is 5.69 Å². The lowest BCUT2D eigenvalue weighted by atomic mass is 10.1. The van der Waals surface area contributed by atoms with Crippen molar-refractivity contribution in [3.63, 3.8) is 0 Å². The molecular weight excluding hydrogens is 322 g/mol. The molecule has 0 saturated heterocycles. The van der Waals surface area contributed by atoms with Crippen molar-refractivity contribution in [3.05, 3.63) is 75.5 Å². The molecule has 3 aromatic rings. The number of hydrogen-bond acceptors (Lipinski definition) is 4. The van der Waals surface area contributed by atoms with Crippen LogP contribution >= 0.6 is 11.3 Å². The van der Waals surface area contributed by atoms with Crippen LogP contribution in [0.3, 0.4) is 0 Å². The van der Waals surface area contributed by atoms with Crippen LogP contribution in [0.5, 0.6) is 0 Å². The minimum absolute atomic E-state index is 0.188. The van der Waals surface area contributed by atoms with Crippen molar-refractivity contribution in [1.82, 2.24) is 9.78 Å². The predicted octanol–water partition coefficient (Wildman–Crippen LogP) is 2.92. The third-order valence-corrected chi connectivity index (χ3v) is 4.23. The monoisotopic (exact) mass is 337 g/mol. The molecule has 5 nitrogen and oxygen atoms in total. The molecule has 2 aromatic carbocycles. The molecule has 0 radical (unpaired) electrons. The van der Waals surface area contributed by atoms with Gasteiger partial charge in [0.15, 0.2) is 5.01 Å². The smallest absolute Gasteiger partial charge is 0.245 e. The third-order valence-electron chi connectivity index (χ3n) is 3.32. The third kappa shape index (κ3) is 3.38. The van der Waals surface area contributed by atoms with E-state index in [0.29, 0.717) is 15.4 Å². The van der Waals surface area contributed by atoms with Crippen LogP contribution in [-0.2, 0) is 4.79 Å². The van der Waals surface area contributed by atoms with E-state index in [1.165, 1.54) is 11.6 Å². The summed E-state index contributed by atoms with van der Waals surface area (Å²) in [5.41, 5.74) is 2.42. The number of aryl methyl sites for hydroxylation is 1. The molecule has 1 amide bonds. The Morgan fingerprint density at radius 2 is 1.71 bits per heavy atom. The second-order valence-corrected chi connectivity index (χ2v) is 6.22. The molecule has 24 heavy (non-hydrogen) atoms. The van der Waals surface area contributed by atoms with Crippen LogP contribution in [0.1, 0.15) is 27.9 Å². The van der Waals surface area contributed by atoms with Crippen molar-refractivity contribution in [2.24, 2.45) is 4.99 Å². The topological polar surface area (TPSA) is 64.3 Å². The van der Waals surface area contributed by atoms with Crippen molar-refractivity contribution < 1.29 is 9.59 Å². The summed E-state index contributed by atoms with van der Waals surface area (Å²) in [5.74, 6) is -0.523. The fraction of sp³-hybridized carbons (Fsp3) is 0.111. The maximum atomic E-state index is 12.6. The van der Waals surface area contributed by atoms with Gasteiger partial charge in [0.2, 0.25) is 16.5 Å². The molecule has 1 aromatic heterocycles. The summed E-state index contributed by atoms with van der Waals surface area (Å²) in [6.45, 7) is 3.36. The highest BCUT2D eigenvalue weighted by atomic mass is 32.1. The second kappa shape index (κ2) is 6.72. The highest BCUT2D eigenvalue weighted by molar-refractivity contribution is 7.11. The normalized spacial score (nSPS) is 11.5. The van der Waals surface area contributed by atoms with Crippen molar-refractivity contribution in [2.45, 2.75) is 13.8 Å². The Balaban J connectivity index is 2.12. The van der Waals surface area contributed by atoms with Gasteiger partial charge in [-0.2, -0.15) is 10.1 Å². The van der Waals surface area contributed by atoms with Crippen LogP contribution in [0, 0.1) is 6.92 Å². The van der Waals surface area contributed by atoms with Crippen LogP contribution in [-0.4, -0.2) is 21.5 Å². The van der Waals surface area contributed by atoms with E-state index in [4.69, 9.17) is 0 Å². The highest BCUT2D eigenvalue weighted by Gasteiger charge is 2.16. The van der Waals surface area contributed by atoms with E-state index < -0.39 is 0 Å². The first-order valence-corrected chi connectivity index (χ1v) is 8.18. The summed E-state index contributed by atoms with van der Waals surface area (Å²) in [4.78, 5) is 28.4. The zero-order valence-corrected chi connectivity index (χ0v) is 14.1. The van der Waals surface area contributed by atoms with Crippen molar-refractivity contribution in [2.75, 3.05) is 0 Å². The highest BCUT2D eigenvalue weighted by Crippen LogP contribution is 2.13. The summed E-state index contributed by atoms with van der Waals surface area (Å²) in [6, 6.07) is 16.6. The molecule has 0 aliphatic heterocycles. The SMILES string of the molecule is CC(=O)N=c1sc(C(=O)c2ccccc2)nn1-c1ccc(C)cc1. The second-order valence-electron chi connectivity index (χ2n) is 5.26. The number of aromatic nitrogens is 2. The van der Waals surface area contributed by atoms with Gasteiger partial charge >= 0.3 is 0 Å². The first-order chi connectivity index (χ1) is 11.5. The molecule has 0 aliphatic carbocycles. The molecular formula is C18H15N3O2S. The molecule has 0 unspecified atom stereocenters. The Morgan fingerprint density at radius 3 is 2.33 bits per heavy atom. The molecule has 0 spiro atoms. The quantitative estimate of drug-likeness (QED) is 0.690. The molecule has 0 saturated carbocycles. The Hall–Kier alpha value is -2.86. The first-order valence-electron chi connectivity index (χ1n) is 7.37. The lowest BCUT2D eigenvalue weighted by Crippen LogP contribution is -2.16. The number of nitrogens with zero attached hydrogens (tertiary/aromatic N) is 3. The number of ketones is 1. The van der Waals surface area contributed by atoms with Crippen LogP contribution in [0.15, 0.2) is 59.6 Å². The molecule has 0 N–H and O–H groups in total. The van der Waals surface area contributed by atoms with E-state index in [9.17, 15) is 9.59 Å². The lowest BCUT2D eigenvalue weighted by Gasteiger charge is -2.01. The van der Waals surface area contributed by atoms with Crippen molar-refractivity contribution in [3.8, 4) is 5.69 Å². The van der Waals surface area contributed by atoms with Gasteiger partial charge in [0, 0.05) is 12.5 Å². The average molecular weight is 337 g/mol. The largest absolute Gasteiger partial charge is 0.286 e. The number of hydrogen-bond donors (Lipinski definition) is 0. The summed E-state index contributed by atoms with van der Waals surface area (Å²) < 4.78 is 1.53. The lowest BCUT2D eigenvalue weighted by molar-refractivity contribution is -0.116.